The highest BCUT2D eigenvalue weighted by atomic mass is 35.5. The molecule has 1 rings (SSSR count). The van der Waals surface area contributed by atoms with Gasteiger partial charge in [0, 0.05) is 28.2 Å². The van der Waals surface area contributed by atoms with Gasteiger partial charge in [0.2, 0.25) is 0 Å². The Bertz CT molecular complexity index is 302. The van der Waals surface area contributed by atoms with E-state index in [0.29, 0.717) is 10.0 Å². The predicted molar refractivity (Wildman–Crippen MR) is 65.1 cm³/mol. The van der Waals surface area contributed by atoms with Crippen molar-refractivity contribution < 1.29 is 0 Å². The minimum Gasteiger partial charge on any atom is -0.376 e. The molecular formula is C10H14Cl2N2. The number of hydrogen-bond acceptors (Lipinski definition) is 2. The van der Waals surface area contributed by atoms with Gasteiger partial charge in [0.1, 0.15) is 0 Å². The number of halogens is 2. The summed E-state index contributed by atoms with van der Waals surface area (Å²) < 4.78 is 0. The van der Waals surface area contributed by atoms with Crippen molar-refractivity contribution in [3.8, 4) is 0 Å². The molecule has 0 unspecified atom stereocenters. The Balaban J connectivity index is 3.26. The van der Waals surface area contributed by atoms with Crippen LogP contribution in [0.1, 0.15) is 0 Å². The van der Waals surface area contributed by atoms with E-state index in [1.54, 1.807) is 0 Å². The maximum atomic E-state index is 6.14. The lowest BCUT2D eigenvalue weighted by atomic mass is 10.2. The second-order valence-electron chi connectivity index (χ2n) is 3.52. The normalized spacial score (nSPS) is 10.1. The molecule has 1 aromatic carbocycles. The fraction of sp³-hybridized carbons (Fsp3) is 0.400. The van der Waals surface area contributed by atoms with E-state index in [1.807, 2.05) is 50.1 Å². The van der Waals surface area contributed by atoms with Crippen molar-refractivity contribution in [1.82, 2.24) is 0 Å². The second kappa shape index (κ2) is 4.28. The van der Waals surface area contributed by atoms with Gasteiger partial charge in [0.25, 0.3) is 0 Å². The van der Waals surface area contributed by atoms with Crippen LogP contribution in [-0.4, -0.2) is 28.2 Å². The minimum absolute atomic E-state index is 0.600. The van der Waals surface area contributed by atoms with Crippen molar-refractivity contribution in [2.24, 2.45) is 0 Å². The second-order valence-corrected chi connectivity index (χ2v) is 4.28. The molecule has 0 radical (unpaired) electrons. The first-order chi connectivity index (χ1) is 6.45. The first-order valence-electron chi connectivity index (χ1n) is 4.27. The van der Waals surface area contributed by atoms with Crippen molar-refractivity contribution in [2.45, 2.75) is 0 Å². The molecule has 0 spiro atoms. The largest absolute Gasteiger partial charge is 0.376 e. The molecule has 14 heavy (non-hydrogen) atoms. The van der Waals surface area contributed by atoms with Crippen LogP contribution in [0.5, 0.6) is 0 Å². The van der Waals surface area contributed by atoms with Gasteiger partial charge in [0.15, 0.2) is 0 Å². The highest BCUT2D eigenvalue weighted by Gasteiger charge is 2.11. The predicted octanol–water partition coefficient (Wildman–Crippen LogP) is 3.13. The van der Waals surface area contributed by atoms with Crippen LogP contribution in [0, 0.1) is 0 Å². The average molecular weight is 233 g/mol. The van der Waals surface area contributed by atoms with Crippen LogP contribution >= 0.6 is 23.2 Å². The summed E-state index contributed by atoms with van der Waals surface area (Å²) in [6.45, 7) is 0. The molecule has 0 saturated heterocycles. The molecule has 0 aliphatic heterocycles. The van der Waals surface area contributed by atoms with Crippen LogP contribution in [0.3, 0.4) is 0 Å². The average Bonchev–Trinajstić information content (AvgIpc) is 2.08. The van der Waals surface area contributed by atoms with E-state index in [-0.39, 0.29) is 0 Å². The molecule has 0 fully saturated rings. The summed E-state index contributed by atoms with van der Waals surface area (Å²) in [6.07, 6.45) is 0. The molecule has 78 valence electrons. The van der Waals surface area contributed by atoms with Crippen LogP contribution in [0.4, 0.5) is 11.4 Å². The molecule has 0 aromatic heterocycles. The Morgan fingerprint density at radius 2 is 1.07 bits per heavy atom. The van der Waals surface area contributed by atoms with Gasteiger partial charge in [-0.05, 0) is 12.1 Å². The Hall–Kier alpha value is -0.600. The summed E-state index contributed by atoms with van der Waals surface area (Å²) in [5, 5.41) is 1.20. The van der Waals surface area contributed by atoms with Crippen molar-refractivity contribution in [3.05, 3.63) is 22.2 Å². The first kappa shape index (κ1) is 11.5. The lowest BCUT2D eigenvalue weighted by molar-refractivity contribution is 1.11. The Kier molecular flexibility index (Phi) is 3.51. The topological polar surface area (TPSA) is 6.48 Å². The zero-order valence-electron chi connectivity index (χ0n) is 8.81. The summed E-state index contributed by atoms with van der Waals surface area (Å²) in [5.41, 5.74) is 1.87. The van der Waals surface area contributed by atoms with Gasteiger partial charge >= 0.3 is 0 Å². The van der Waals surface area contributed by atoms with E-state index < -0.39 is 0 Å². The van der Waals surface area contributed by atoms with Crippen LogP contribution in [0.25, 0.3) is 0 Å². The van der Waals surface area contributed by atoms with Gasteiger partial charge in [-0.15, -0.1) is 0 Å². The molecular weight excluding hydrogens is 219 g/mol. The molecule has 1 aromatic rings. The summed E-state index contributed by atoms with van der Waals surface area (Å²) in [4.78, 5) is 3.88. The van der Waals surface area contributed by atoms with Gasteiger partial charge < -0.3 is 9.80 Å². The molecule has 0 atom stereocenters. The molecule has 0 aliphatic rings. The van der Waals surface area contributed by atoms with Gasteiger partial charge in [-0.1, -0.05) is 23.2 Å². The fourth-order valence-electron chi connectivity index (χ4n) is 1.22. The summed E-state index contributed by atoms with van der Waals surface area (Å²) in [5.74, 6) is 0. The van der Waals surface area contributed by atoms with E-state index in [2.05, 4.69) is 0 Å². The molecule has 0 saturated carbocycles. The number of benzene rings is 1. The highest BCUT2D eigenvalue weighted by molar-refractivity contribution is 6.45. The van der Waals surface area contributed by atoms with Crippen molar-refractivity contribution >= 4 is 34.6 Å². The van der Waals surface area contributed by atoms with Crippen molar-refractivity contribution in [3.63, 3.8) is 0 Å². The third kappa shape index (κ3) is 2.07. The monoisotopic (exact) mass is 232 g/mol. The molecule has 0 amide bonds. The van der Waals surface area contributed by atoms with E-state index in [4.69, 9.17) is 23.2 Å². The third-order valence-corrected chi connectivity index (χ3v) is 2.87. The molecule has 0 aliphatic carbocycles. The third-order valence-electron chi connectivity index (χ3n) is 2.01. The van der Waals surface area contributed by atoms with Gasteiger partial charge in [0.05, 0.1) is 21.4 Å². The van der Waals surface area contributed by atoms with Crippen LogP contribution in [-0.2, 0) is 0 Å². The highest BCUT2D eigenvalue weighted by Crippen LogP contribution is 2.38. The summed E-state index contributed by atoms with van der Waals surface area (Å²) in [7, 11) is 7.75. The van der Waals surface area contributed by atoms with Crippen molar-refractivity contribution in [1.29, 1.82) is 0 Å². The molecule has 4 heteroatoms. The zero-order valence-corrected chi connectivity index (χ0v) is 10.3. The fourth-order valence-corrected chi connectivity index (χ4v) is 1.88. The standard InChI is InChI=1S/C10H14Cl2N2/c1-13(2)7-5-6-8(14(3)4)10(12)9(7)11/h5-6H,1-4H3. The smallest absolute Gasteiger partial charge is 0.0846 e. The number of anilines is 2. The molecule has 2 nitrogen and oxygen atoms in total. The van der Waals surface area contributed by atoms with Crippen LogP contribution in [0.2, 0.25) is 10.0 Å². The van der Waals surface area contributed by atoms with E-state index >= 15 is 0 Å². The Labute approximate surface area is 95.0 Å². The van der Waals surface area contributed by atoms with Crippen molar-refractivity contribution in [2.75, 3.05) is 38.0 Å². The minimum atomic E-state index is 0.600. The van der Waals surface area contributed by atoms with Crippen LogP contribution < -0.4 is 9.80 Å². The molecule has 0 bridgehead atoms. The number of nitrogens with zero attached hydrogens (tertiary/aromatic N) is 2. The summed E-state index contributed by atoms with van der Waals surface area (Å²) >= 11 is 12.3. The van der Waals surface area contributed by atoms with E-state index in [1.165, 1.54) is 0 Å². The van der Waals surface area contributed by atoms with Gasteiger partial charge in [-0.25, -0.2) is 0 Å². The van der Waals surface area contributed by atoms with Crippen LogP contribution in [0.15, 0.2) is 12.1 Å². The lowest BCUT2D eigenvalue weighted by Gasteiger charge is -2.20. The van der Waals surface area contributed by atoms with Gasteiger partial charge in [-0.2, -0.15) is 0 Å². The number of hydrogen-bond donors (Lipinski definition) is 0. The first-order valence-corrected chi connectivity index (χ1v) is 5.03. The lowest BCUT2D eigenvalue weighted by Crippen LogP contribution is -2.12. The van der Waals surface area contributed by atoms with E-state index in [0.717, 1.165) is 11.4 Å². The molecule has 0 heterocycles. The Morgan fingerprint density at radius 3 is 1.29 bits per heavy atom. The quantitative estimate of drug-likeness (QED) is 0.774. The molecule has 0 N–H and O–H groups in total. The Morgan fingerprint density at radius 1 is 0.786 bits per heavy atom. The number of rotatable bonds is 2. The maximum Gasteiger partial charge on any atom is 0.0846 e. The zero-order chi connectivity index (χ0) is 10.9. The van der Waals surface area contributed by atoms with Gasteiger partial charge in [-0.3, -0.25) is 0 Å². The summed E-state index contributed by atoms with van der Waals surface area (Å²) in [6, 6.07) is 3.92. The maximum absolute atomic E-state index is 6.14. The van der Waals surface area contributed by atoms with E-state index in [9.17, 15) is 0 Å². The SMILES string of the molecule is CN(C)c1ccc(N(C)C)c(Cl)c1Cl.